The minimum absolute atomic E-state index is 0.0175. The molecular formula is C16H16ClN3OS. The van der Waals surface area contributed by atoms with Crippen LogP contribution in [0.5, 0.6) is 0 Å². The fourth-order valence-corrected chi connectivity index (χ4v) is 3.34. The van der Waals surface area contributed by atoms with Gasteiger partial charge in [-0.1, -0.05) is 30.7 Å². The van der Waals surface area contributed by atoms with Crippen LogP contribution in [-0.4, -0.2) is 27.7 Å². The molecule has 1 aromatic carbocycles. The molecule has 0 aliphatic heterocycles. The minimum atomic E-state index is -0.0175. The molecule has 114 valence electrons. The maximum atomic E-state index is 9.41. The van der Waals surface area contributed by atoms with Crippen LogP contribution in [0.25, 0.3) is 21.3 Å². The lowest BCUT2D eigenvalue weighted by Gasteiger charge is -2.15. The Labute approximate surface area is 137 Å². The number of thiophene rings is 1. The molecule has 0 bridgehead atoms. The SMILES string of the molecule is CCC(CO)Nc1ncnc2scc(-c3ccc(Cl)cc3)c12. The number of anilines is 1. The van der Waals surface area contributed by atoms with Crippen LogP contribution < -0.4 is 5.32 Å². The molecule has 0 spiro atoms. The van der Waals surface area contributed by atoms with Crippen molar-refractivity contribution in [3.63, 3.8) is 0 Å². The highest BCUT2D eigenvalue weighted by Crippen LogP contribution is 2.37. The number of fused-ring (bicyclic) bond motifs is 1. The first-order valence-corrected chi connectivity index (χ1v) is 8.34. The molecule has 6 heteroatoms. The van der Waals surface area contributed by atoms with Gasteiger partial charge in [0.15, 0.2) is 0 Å². The molecule has 4 nitrogen and oxygen atoms in total. The topological polar surface area (TPSA) is 58.0 Å². The first kappa shape index (κ1) is 15.2. The zero-order chi connectivity index (χ0) is 15.5. The Morgan fingerprint density at radius 2 is 2.05 bits per heavy atom. The Kier molecular flexibility index (Phi) is 4.57. The van der Waals surface area contributed by atoms with E-state index in [2.05, 4.69) is 20.7 Å². The predicted octanol–water partition coefficient (Wildman–Crippen LogP) is 4.19. The molecular weight excluding hydrogens is 318 g/mol. The quantitative estimate of drug-likeness (QED) is 0.735. The smallest absolute Gasteiger partial charge is 0.139 e. The van der Waals surface area contributed by atoms with Crippen molar-refractivity contribution in [2.45, 2.75) is 19.4 Å². The fourth-order valence-electron chi connectivity index (χ4n) is 2.30. The normalized spacial score (nSPS) is 12.5. The van der Waals surface area contributed by atoms with E-state index in [1.54, 1.807) is 17.7 Å². The van der Waals surface area contributed by atoms with Crippen LogP contribution in [0.2, 0.25) is 5.02 Å². The highest BCUT2D eigenvalue weighted by atomic mass is 35.5. The predicted molar refractivity (Wildman–Crippen MR) is 92.6 cm³/mol. The molecule has 2 heterocycles. The maximum Gasteiger partial charge on any atom is 0.139 e. The Hall–Kier alpha value is -1.69. The van der Waals surface area contributed by atoms with E-state index >= 15 is 0 Å². The molecule has 0 saturated carbocycles. The highest BCUT2D eigenvalue weighted by Gasteiger charge is 2.15. The Morgan fingerprint density at radius 3 is 2.73 bits per heavy atom. The van der Waals surface area contributed by atoms with Gasteiger partial charge in [-0.3, -0.25) is 0 Å². The van der Waals surface area contributed by atoms with Crippen LogP contribution in [0.1, 0.15) is 13.3 Å². The molecule has 0 fully saturated rings. The van der Waals surface area contributed by atoms with Crippen molar-refractivity contribution in [2.24, 2.45) is 0 Å². The van der Waals surface area contributed by atoms with Gasteiger partial charge in [-0.2, -0.15) is 0 Å². The van der Waals surface area contributed by atoms with Gasteiger partial charge in [-0.15, -0.1) is 11.3 Å². The van der Waals surface area contributed by atoms with Gasteiger partial charge >= 0.3 is 0 Å². The van der Waals surface area contributed by atoms with Crippen LogP contribution in [0.3, 0.4) is 0 Å². The number of aliphatic hydroxyl groups is 1. The number of aliphatic hydroxyl groups excluding tert-OH is 1. The number of nitrogens with one attached hydrogen (secondary N) is 1. The van der Waals surface area contributed by atoms with Gasteiger partial charge in [0.1, 0.15) is 17.0 Å². The average Bonchev–Trinajstić information content (AvgIpc) is 2.98. The first-order valence-electron chi connectivity index (χ1n) is 7.08. The molecule has 0 aliphatic carbocycles. The summed E-state index contributed by atoms with van der Waals surface area (Å²) >= 11 is 7.55. The van der Waals surface area contributed by atoms with Gasteiger partial charge in [0.25, 0.3) is 0 Å². The van der Waals surface area contributed by atoms with Crippen LogP contribution >= 0.6 is 22.9 Å². The zero-order valence-corrected chi connectivity index (χ0v) is 13.7. The summed E-state index contributed by atoms with van der Waals surface area (Å²) in [7, 11) is 0. The summed E-state index contributed by atoms with van der Waals surface area (Å²) in [5.41, 5.74) is 2.15. The van der Waals surface area contributed by atoms with E-state index in [1.165, 1.54) is 0 Å². The molecule has 0 saturated heterocycles. The summed E-state index contributed by atoms with van der Waals surface area (Å²) in [4.78, 5) is 9.64. The second kappa shape index (κ2) is 6.60. The zero-order valence-electron chi connectivity index (χ0n) is 12.1. The minimum Gasteiger partial charge on any atom is -0.394 e. The number of hydrogen-bond acceptors (Lipinski definition) is 5. The van der Waals surface area contributed by atoms with Crippen molar-refractivity contribution >= 4 is 39.0 Å². The number of hydrogen-bond donors (Lipinski definition) is 2. The largest absolute Gasteiger partial charge is 0.394 e. The molecule has 0 aliphatic rings. The molecule has 1 unspecified atom stereocenters. The number of benzene rings is 1. The van der Waals surface area contributed by atoms with Crippen molar-refractivity contribution in [1.82, 2.24) is 9.97 Å². The van der Waals surface area contributed by atoms with Gasteiger partial charge in [-0.05, 0) is 24.1 Å². The van der Waals surface area contributed by atoms with Gasteiger partial charge in [0, 0.05) is 16.0 Å². The molecule has 0 amide bonds. The van der Waals surface area contributed by atoms with Crippen molar-refractivity contribution in [2.75, 3.05) is 11.9 Å². The summed E-state index contributed by atoms with van der Waals surface area (Å²) in [5, 5.41) is 16.5. The third-order valence-corrected chi connectivity index (χ3v) is 4.72. The molecule has 1 atom stereocenters. The van der Waals surface area contributed by atoms with Crippen LogP contribution in [-0.2, 0) is 0 Å². The molecule has 22 heavy (non-hydrogen) atoms. The molecule has 3 rings (SSSR count). The van der Waals surface area contributed by atoms with Crippen molar-refractivity contribution in [1.29, 1.82) is 0 Å². The third kappa shape index (κ3) is 2.92. The highest BCUT2D eigenvalue weighted by molar-refractivity contribution is 7.17. The first-order chi connectivity index (χ1) is 10.7. The summed E-state index contributed by atoms with van der Waals surface area (Å²) in [6, 6.07) is 7.71. The Bertz CT molecular complexity index is 769. The van der Waals surface area contributed by atoms with Gasteiger partial charge in [0.05, 0.1) is 18.0 Å². The van der Waals surface area contributed by atoms with Gasteiger partial charge in [0.2, 0.25) is 0 Å². The van der Waals surface area contributed by atoms with Gasteiger partial charge < -0.3 is 10.4 Å². The van der Waals surface area contributed by atoms with Crippen LogP contribution in [0.15, 0.2) is 36.0 Å². The average molecular weight is 334 g/mol. The lowest BCUT2D eigenvalue weighted by Crippen LogP contribution is -2.23. The second-order valence-electron chi connectivity index (χ2n) is 4.99. The number of rotatable bonds is 5. The standard InChI is InChI=1S/C16H16ClN3OS/c1-2-12(7-21)20-15-14-13(8-22-16(14)19-9-18-15)10-3-5-11(17)6-4-10/h3-6,8-9,12,21H,2,7H2,1H3,(H,18,19,20). The monoisotopic (exact) mass is 333 g/mol. The van der Waals surface area contributed by atoms with Crippen molar-refractivity contribution < 1.29 is 5.11 Å². The Balaban J connectivity index is 2.10. The summed E-state index contributed by atoms with van der Waals surface area (Å²) < 4.78 is 0. The van der Waals surface area contributed by atoms with Gasteiger partial charge in [-0.25, -0.2) is 9.97 Å². The Morgan fingerprint density at radius 1 is 1.27 bits per heavy atom. The van der Waals surface area contributed by atoms with E-state index < -0.39 is 0 Å². The summed E-state index contributed by atoms with van der Waals surface area (Å²) in [6.45, 7) is 2.10. The molecule has 0 radical (unpaired) electrons. The molecule has 3 aromatic rings. The van der Waals surface area contributed by atoms with E-state index in [9.17, 15) is 5.11 Å². The lowest BCUT2D eigenvalue weighted by molar-refractivity contribution is 0.271. The number of aromatic nitrogens is 2. The molecule has 2 aromatic heterocycles. The fraction of sp³-hybridized carbons (Fsp3) is 0.250. The van der Waals surface area contributed by atoms with E-state index in [1.807, 2.05) is 31.2 Å². The number of halogens is 1. The second-order valence-corrected chi connectivity index (χ2v) is 6.29. The third-order valence-electron chi connectivity index (χ3n) is 3.58. The molecule has 2 N–H and O–H groups in total. The number of nitrogens with zero attached hydrogens (tertiary/aromatic N) is 2. The van der Waals surface area contributed by atoms with Crippen molar-refractivity contribution in [3.05, 3.63) is 41.0 Å². The van der Waals surface area contributed by atoms with E-state index in [0.717, 1.165) is 33.6 Å². The van der Waals surface area contributed by atoms with E-state index in [0.29, 0.717) is 5.02 Å². The van der Waals surface area contributed by atoms with Crippen molar-refractivity contribution in [3.8, 4) is 11.1 Å². The van der Waals surface area contributed by atoms with E-state index in [-0.39, 0.29) is 12.6 Å². The van der Waals surface area contributed by atoms with Crippen LogP contribution in [0, 0.1) is 0 Å². The van der Waals surface area contributed by atoms with E-state index in [4.69, 9.17) is 11.6 Å². The summed E-state index contributed by atoms with van der Waals surface area (Å²) in [5.74, 6) is 0.761. The lowest BCUT2D eigenvalue weighted by atomic mass is 10.1. The van der Waals surface area contributed by atoms with Crippen LogP contribution in [0.4, 0.5) is 5.82 Å². The maximum absolute atomic E-state index is 9.41. The summed E-state index contributed by atoms with van der Waals surface area (Å²) in [6.07, 6.45) is 2.37.